The van der Waals surface area contributed by atoms with Crippen molar-refractivity contribution in [3.05, 3.63) is 36.4 Å². The fourth-order valence-corrected chi connectivity index (χ4v) is 2.56. The van der Waals surface area contributed by atoms with E-state index in [0.717, 1.165) is 49.0 Å². The maximum absolute atomic E-state index is 4.82. The van der Waals surface area contributed by atoms with Gasteiger partial charge in [0.15, 0.2) is 5.82 Å². The molecule has 4 nitrogen and oxygen atoms in total. The summed E-state index contributed by atoms with van der Waals surface area (Å²) in [5.74, 6) is 2.68. The van der Waals surface area contributed by atoms with Crippen LogP contribution in [0.5, 0.6) is 0 Å². The summed E-state index contributed by atoms with van der Waals surface area (Å²) in [6, 6.07) is 12.6. The number of aromatic nitrogens is 2. The summed E-state index contributed by atoms with van der Waals surface area (Å²) in [6.07, 6.45) is 2.22. The largest absolute Gasteiger partial charge is 0.368 e. The molecule has 0 aliphatic heterocycles. The molecule has 1 aromatic heterocycles. The number of hydrogen-bond acceptors (Lipinski definition) is 4. The van der Waals surface area contributed by atoms with Crippen LogP contribution in [-0.4, -0.2) is 29.1 Å². The van der Waals surface area contributed by atoms with Crippen molar-refractivity contribution in [1.29, 1.82) is 0 Å². The minimum atomic E-state index is 0.340. The van der Waals surface area contributed by atoms with Gasteiger partial charge in [-0.25, -0.2) is 9.97 Å². The summed E-state index contributed by atoms with van der Waals surface area (Å²) in [4.78, 5) is 11.9. The maximum atomic E-state index is 4.82. The van der Waals surface area contributed by atoms with Crippen molar-refractivity contribution >= 4 is 11.6 Å². The first-order valence-electron chi connectivity index (χ1n) is 8.60. The van der Waals surface area contributed by atoms with E-state index in [-0.39, 0.29) is 0 Å². The SMILES string of the molecule is CCCN(CCC)c1cc(NC(C)C)nc(-c2ccccc2)n1. The van der Waals surface area contributed by atoms with Crippen LogP contribution in [0.3, 0.4) is 0 Å². The quantitative estimate of drug-likeness (QED) is 0.774. The molecule has 0 aliphatic rings. The second-order valence-electron chi connectivity index (χ2n) is 6.09. The molecule has 0 aliphatic carbocycles. The maximum Gasteiger partial charge on any atom is 0.163 e. The van der Waals surface area contributed by atoms with Crippen LogP contribution in [0.2, 0.25) is 0 Å². The predicted octanol–water partition coefficient (Wildman–Crippen LogP) is 4.59. The highest BCUT2D eigenvalue weighted by Gasteiger charge is 2.12. The van der Waals surface area contributed by atoms with Gasteiger partial charge in [0.2, 0.25) is 0 Å². The highest BCUT2D eigenvalue weighted by Crippen LogP contribution is 2.23. The molecule has 0 spiro atoms. The number of hydrogen-bond donors (Lipinski definition) is 1. The molecule has 0 unspecified atom stereocenters. The average Bonchev–Trinajstić information content (AvgIpc) is 2.54. The van der Waals surface area contributed by atoms with E-state index in [9.17, 15) is 0 Å². The van der Waals surface area contributed by atoms with Gasteiger partial charge in [-0.2, -0.15) is 0 Å². The normalized spacial score (nSPS) is 10.8. The molecule has 0 amide bonds. The molecule has 0 atom stereocenters. The van der Waals surface area contributed by atoms with Gasteiger partial charge in [-0.1, -0.05) is 44.2 Å². The molecule has 1 N–H and O–H groups in total. The summed E-state index contributed by atoms with van der Waals surface area (Å²) >= 11 is 0. The van der Waals surface area contributed by atoms with E-state index in [4.69, 9.17) is 9.97 Å². The van der Waals surface area contributed by atoms with E-state index in [1.165, 1.54) is 0 Å². The lowest BCUT2D eigenvalue weighted by molar-refractivity contribution is 0.733. The van der Waals surface area contributed by atoms with Gasteiger partial charge in [0.1, 0.15) is 11.6 Å². The lowest BCUT2D eigenvalue weighted by Crippen LogP contribution is -2.26. The van der Waals surface area contributed by atoms with Crippen LogP contribution in [-0.2, 0) is 0 Å². The van der Waals surface area contributed by atoms with Crippen LogP contribution in [0, 0.1) is 0 Å². The summed E-state index contributed by atoms with van der Waals surface area (Å²) in [6.45, 7) is 10.7. The Balaban J connectivity index is 2.44. The van der Waals surface area contributed by atoms with E-state index >= 15 is 0 Å². The van der Waals surface area contributed by atoms with Gasteiger partial charge in [0.25, 0.3) is 0 Å². The van der Waals surface area contributed by atoms with Gasteiger partial charge in [-0.15, -0.1) is 0 Å². The Morgan fingerprint density at radius 2 is 1.65 bits per heavy atom. The Kier molecular flexibility index (Phi) is 6.39. The Hall–Kier alpha value is -2.10. The molecule has 1 aromatic carbocycles. The topological polar surface area (TPSA) is 41.0 Å². The molecule has 2 rings (SSSR count). The van der Waals surface area contributed by atoms with Crippen LogP contribution >= 0.6 is 0 Å². The molecule has 0 fully saturated rings. The van der Waals surface area contributed by atoms with E-state index in [1.807, 2.05) is 18.2 Å². The van der Waals surface area contributed by atoms with Gasteiger partial charge >= 0.3 is 0 Å². The van der Waals surface area contributed by atoms with E-state index < -0.39 is 0 Å². The summed E-state index contributed by atoms with van der Waals surface area (Å²) in [5, 5.41) is 3.42. The van der Waals surface area contributed by atoms with Crippen LogP contribution in [0.15, 0.2) is 36.4 Å². The molecule has 0 bridgehead atoms. The number of anilines is 2. The van der Waals surface area contributed by atoms with Crippen molar-refractivity contribution in [3.8, 4) is 11.4 Å². The van der Waals surface area contributed by atoms with Crippen LogP contribution in [0.1, 0.15) is 40.5 Å². The first-order chi connectivity index (χ1) is 11.1. The first kappa shape index (κ1) is 17.3. The summed E-state index contributed by atoms with van der Waals surface area (Å²) in [7, 11) is 0. The minimum absolute atomic E-state index is 0.340. The Morgan fingerprint density at radius 3 is 2.22 bits per heavy atom. The predicted molar refractivity (Wildman–Crippen MR) is 99.0 cm³/mol. The number of benzene rings is 1. The van der Waals surface area contributed by atoms with Crippen molar-refractivity contribution < 1.29 is 0 Å². The fraction of sp³-hybridized carbons (Fsp3) is 0.474. The summed E-state index contributed by atoms with van der Waals surface area (Å²) < 4.78 is 0. The third-order valence-electron chi connectivity index (χ3n) is 3.49. The van der Waals surface area contributed by atoms with Crippen LogP contribution in [0.4, 0.5) is 11.6 Å². The summed E-state index contributed by atoms with van der Waals surface area (Å²) in [5.41, 5.74) is 1.05. The van der Waals surface area contributed by atoms with Crippen LogP contribution < -0.4 is 10.2 Å². The van der Waals surface area contributed by atoms with Crippen LogP contribution in [0.25, 0.3) is 11.4 Å². The van der Waals surface area contributed by atoms with Crippen molar-refractivity contribution in [1.82, 2.24) is 9.97 Å². The van der Waals surface area contributed by atoms with Crippen molar-refractivity contribution in [2.24, 2.45) is 0 Å². The zero-order valence-electron chi connectivity index (χ0n) is 14.7. The van der Waals surface area contributed by atoms with Crippen molar-refractivity contribution in [2.75, 3.05) is 23.3 Å². The second-order valence-corrected chi connectivity index (χ2v) is 6.09. The molecule has 2 aromatic rings. The first-order valence-corrected chi connectivity index (χ1v) is 8.60. The van der Waals surface area contributed by atoms with Gasteiger partial charge in [0.05, 0.1) is 0 Å². The zero-order valence-corrected chi connectivity index (χ0v) is 14.7. The molecular weight excluding hydrogens is 284 g/mol. The number of nitrogens with one attached hydrogen (secondary N) is 1. The van der Waals surface area contributed by atoms with E-state index in [1.54, 1.807) is 0 Å². The average molecular weight is 312 g/mol. The Morgan fingerprint density at radius 1 is 1.00 bits per heavy atom. The second kappa shape index (κ2) is 8.51. The molecule has 4 heteroatoms. The lowest BCUT2D eigenvalue weighted by Gasteiger charge is -2.24. The van der Waals surface area contributed by atoms with E-state index in [2.05, 4.69) is 56.1 Å². The molecule has 124 valence electrons. The Labute approximate surface area is 140 Å². The monoisotopic (exact) mass is 312 g/mol. The zero-order chi connectivity index (χ0) is 16.7. The molecule has 0 saturated carbocycles. The lowest BCUT2D eigenvalue weighted by atomic mass is 10.2. The molecular formula is C19H28N4. The standard InChI is InChI=1S/C19H28N4/c1-5-12-23(13-6-2)18-14-17(20-15(3)4)21-19(22-18)16-10-8-7-9-11-16/h7-11,14-15H,5-6,12-13H2,1-4H3,(H,20,21,22). The minimum Gasteiger partial charge on any atom is -0.368 e. The highest BCUT2D eigenvalue weighted by molar-refractivity contribution is 5.61. The van der Waals surface area contributed by atoms with Gasteiger partial charge in [0, 0.05) is 30.8 Å². The Bertz CT molecular complexity index is 590. The third-order valence-corrected chi connectivity index (χ3v) is 3.49. The van der Waals surface area contributed by atoms with Crippen molar-refractivity contribution in [2.45, 2.75) is 46.6 Å². The van der Waals surface area contributed by atoms with Gasteiger partial charge in [-0.05, 0) is 26.7 Å². The molecule has 23 heavy (non-hydrogen) atoms. The number of nitrogens with zero attached hydrogens (tertiary/aromatic N) is 3. The van der Waals surface area contributed by atoms with Crippen molar-refractivity contribution in [3.63, 3.8) is 0 Å². The van der Waals surface area contributed by atoms with Gasteiger partial charge in [-0.3, -0.25) is 0 Å². The molecule has 0 radical (unpaired) electrons. The van der Waals surface area contributed by atoms with Gasteiger partial charge < -0.3 is 10.2 Å². The fourth-order valence-electron chi connectivity index (χ4n) is 2.56. The third kappa shape index (κ3) is 4.95. The highest BCUT2D eigenvalue weighted by atomic mass is 15.2. The smallest absolute Gasteiger partial charge is 0.163 e. The molecule has 0 saturated heterocycles. The molecule has 1 heterocycles. The number of rotatable bonds is 8. The van der Waals surface area contributed by atoms with E-state index in [0.29, 0.717) is 6.04 Å².